The van der Waals surface area contributed by atoms with Crippen LogP contribution in [0.15, 0.2) is 35.4 Å². The Labute approximate surface area is 95.3 Å². The lowest BCUT2D eigenvalue weighted by Gasteiger charge is -2.10. The Morgan fingerprint density at radius 2 is 1.67 bits per heavy atom. The summed E-state index contributed by atoms with van der Waals surface area (Å²) in [5.74, 6) is -0.275. The monoisotopic (exact) mass is 254 g/mol. The number of hydrogen-bond acceptors (Lipinski definition) is 0. The summed E-state index contributed by atoms with van der Waals surface area (Å²) < 4.78 is 37.0. The summed E-state index contributed by atoms with van der Waals surface area (Å²) in [5, 5.41) is -1.16. The fraction of sp³-hybridized carbons (Fsp3) is 0.200. The summed E-state index contributed by atoms with van der Waals surface area (Å²) in [7, 11) is 0. The molecule has 0 atom stereocenters. The highest BCUT2D eigenvalue weighted by Gasteiger charge is 2.35. The van der Waals surface area contributed by atoms with Gasteiger partial charge in [-0.2, -0.15) is 13.2 Å². The second-order valence-corrected chi connectivity index (χ2v) is 3.44. The molecule has 5 heteroatoms. The Morgan fingerprint density at radius 3 is 2.07 bits per heavy atom. The molecule has 0 spiro atoms. The van der Waals surface area contributed by atoms with Gasteiger partial charge in [-0.15, -0.1) is 11.6 Å². The van der Waals surface area contributed by atoms with Crippen molar-refractivity contribution in [2.24, 2.45) is 0 Å². The van der Waals surface area contributed by atoms with Gasteiger partial charge in [0.2, 0.25) is 0 Å². The van der Waals surface area contributed by atoms with Gasteiger partial charge in [0, 0.05) is 5.88 Å². The number of alkyl halides is 4. The van der Waals surface area contributed by atoms with E-state index in [1.807, 2.05) is 0 Å². The largest absolute Gasteiger partial charge is 0.427 e. The lowest BCUT2D eigenvalue weighted by atomic mass is 10.1. The molecule has 0 aliphatic heterocycles. The number of allylic oxidation sites excluding steroid dienone is 2. The highest BCUT2D eigenvalue weighted by atomic mass is 35.5. The maximum atomic E-state index is 12.3. The van der Waals surface area contributed by atoms with Crippen molar-refractivity contribution in [1.29, 1.82) is 0 Å². The first-order chi connectivity index (χ1) is 6.96. The van der Waals surface area contributed by atoms with E-state index in [-0.39, 0.29) is 11.5 Å². The van der Waals surface area contributed by atoms with Crippen molar-refractivity contribution in [3.8, 4) is 0 Å². The quantitative estimate of drug-likeness (QED) is 0.685. The van der Waals surface area contributed by atoms with Gasteiger partial charge < -0.3 is 0 Å². The number of hydrogen-bond donors (Lipinski definition) is 0. The zero-order valence-electron chi connectivity index (χ0n) is 7.48. The van der Waals surface area contributed by atoms with Crippen LogP contribution in [0.25, 0.3) is 5.57 Å². The molecule has 0 aliphatic rings. The zero-order valence-corrected chi connectivity index (χ0v) is 9.00. The Hall–Kier alpha value is -0.670. The maximum Gasteiger partial charge on any atom is 0.427 e. The average molecular weight is 255 g/mol. The molecular formula is C10H7Cl2F3. The van der Waals surface area contributed by atoms with E-state index in [1.54, 1.807) is 18.2 Å². The van der Waals surface area contributed by atoms with Crippen molar-refractivity contribution in [2.75, 3.05) is 5.88 Å². The van der Waals surface area contributed by atoms with Crippen LogP contribution in [0, 0.1) is 0 Å². The van der Waals surface area contributed by atoms with Gasteiger partial charge in [-0.25, -0.2) is 0 Å². The fourth-order valence-corrected chi connectivity index (χ4v) is 1.61. The lowest BCUT2D eigenvalue weighted by Crippen LogP contribution is -2.10. The lowest BCUT2D eigenvalue weighted by molar-refractivity contribution is -0.0840. The van der Waals surface area contributed by atoms with Crippen LogP contribution in [0.3, 0.4) is 0 Å². The molecule has 82 valence electrons. The molecule has 0 amide bonds. The molecular weight excluding hydrogens is 248 g/mol. The Bertz CT molecular complexity index is 355. The topological polar surface area (TPSA) is 0 Å². The normalized spacial score (nSPS) is 13.7. The Balaban J connectivity index is 3.20. The first kappa shape index (κ1) is 12.4. The van der Waals surface area contributed by atoms with Gasteiger partial charge >= 0.3 is 6.18 Å². The van der Waals surface area contributed by atoms with Gasteiger partial charge in [-0.3, -0.25) is 0 Å². The summed E-state index contributed by atoms with van der Waals surface area (Å²) in [6.45, 7) is 0. The Kier molecular flexibility index (Phi) is 4.05. The van der Waals surface area contributed by atoms with E-state index in [0.29, 0.717) is 5.56 Å². The third-order valence-electron chi connectivity index (χ3n) is 1.77. The molecule has 0 unspecified atom stereocenters. The second kappa shape index (κ2) is 4.90. The van der Waals surface area contributed by atoms with Gasteiger partial charge in [-0.1, -0.05) is 41.9 Å². The average Bonchev–Trinajstić information content (AvgIpc) is 2.19. The molecule has 0 fully saturated rings. The predicted molar refractivity (Wildman–Crippen MR) is 56.0 cm³/mol. The molecule has 0 saturated heterocycles. The van der Waals surface area contributed by atoms with Gasteiger partial charge in [0.15, 0.2) is 0 Å². The van der Waals surface area contributed by atoms with E-state index < -0.39 is 11.2 Å². The highest BCUT2D eigenvalue weighted by molar-refractivity contribution is 6.35. The summed E-state index contributed by atoms with van der Waals surface area (Å²) in [6.07, 6.45) is -4.55. The van der Waals surface area contributed by atoms with Crippen LogP contribution >= 0.6 is 23.2 Å². The molecule has 1 aromatic rings. The summed E-state index contributed by atoms with van der Waals surface area (Å²) in [5.41, 5.74) is 0.279. The molecule has 0 aromatic heterocycles. The maximum absolute atomic E-state index is 12.3. The van der Waals surface area contributed by atoms with E-state index in [0.717, 1.165) is 0 Å². The SMILES string of the molecule is FC(F)(F)/C(Cl)=C(\CCl)c1ccccc1. The molecule has 0 nitrogen and oxygen atoms in total. The van der Waals surface area contributed by atoms with E-state index >= 15 is 0 Å². The van der Waals surface area contributed by atoms with E-state index in [4.69, 9.17) is 23.2 Å². The fourth-order valence-electron chi connectivity index (χ4n) is 1.07. The third kappa shape index (κ3) is 3.14. The minimum atomic E-state index is -4.55. The summed E-state index contributed by atoms with van der Waals surface area (Å²) in [4.78, 5) is 0. The Morgan fingerprint density at radius 1 is 1.13 bits per heavy atom. The molecule has 15 heavy (non-hydrogen) atoms. The van der Waals surface area contributed by atoms with E-state index in [1.165, 1.54) is 12.1 Å². The number of benzene rings is 1. The number of rotatable bonds is 2. The highest BCUT2D eigenvalue weighted by Crippen LogP contribution is 2.35. The van der Waals surface area contributed by atoms with Crippen LogP contribution in [0.1, 0.15) is 5.56 Å². The van der Waals surface area contributed by atoms with Crippen molar-refractivity contribution in [3.63, 3.8) is 0 Å². The second-order valence-electron chi connectivity index (χ2n) is 2.79. The van der Waals surface area contributed by atoms with Crippen molar-refractivity contribution in [2.45, 2.75) is 6.18 Å². The van der Waals surface area contributed by atoms with Crippen LogP contribution < -0.4 is 0 Å². The minimum absolute atomic E-state index is 0.105. The van der Waals surface area contributed by atoms with Gasteiger partial charge in [0.05, 0.1) is 0 Å². The van der Waals surface area contributed by atoms with Crippen LogP contribution in [-0.2, 0) is 0 Å². The van der Waals surface area contributed by atoms with Gasteiger partial charge in [0.1, 0.15) is 5.03 Å². The molecule has 1 rings (SSSR count). The van der Waals surface area contributed by atoms with Crippen LogP contribution in [0.2, 0.25) is 0 Å². The number of halogens is 5. The minimum Gasteiger partial charge on any atom is -0.165 e. The third-order valence-corrected chi connectivity index (χ3v) is 2.48. The predicted octanol–water partition coefficient (Wildman–Crippen LogP) is 4.44. The summed E-state index contributed by atoms with van der Waals surface area (Å²) >= 11 is 10.7. The molecule has 0 heterocycles. The first-order valence-electron chi connectivity index (χ1n) is 4.04. The van der Waals surface area contributed by atoms with Gasteiger partial charge in [-0.05, 0) is 11.1 Å². The molecule has 1 aromatic carbocycles. The van der Waals surface area contributed by atoms with Crippen LogP contribution in [0.4, 0.5) is 13.2 Å². The van der Waals surface area contributed by atoms with Crippen LogP contribution in [0.5, 0.6) is 0 Å². The molecule has 0 radical (unpaired) electrons. The van der Waals surface area contributed by atoms with E-state index in [9.17, 15) is 13.2 Å². The van der Waals surface area contributed by atoms with Crippen molar-refractivity contribution in [1.82, 2.24) is 0 Å². The molecule has 0 bridgehead atoms. The zero-order chi connectivity index (χ0) is 11.5. The summed E-state index contributed by atoms with van der Waals surface area (Å²) in [6, 6.07) is 8.03. The van der Waals surface area contributed by atoms with Crippen molar-refractivity contribution in [3.05, 3.63) is 40.9 Å². The van der Waals surface area contributed by atoms with Crippen LogP contribution in [-0.4, -0.2) is 12.1 Å². The standard InChI is InChI=1S/C10H7Cl2F3/c11-6-8(9(12)10(13,14)15)7-4-2-1-3-5-7/h1-5H,6H2/b9-8-. The smallest absolute Gasteiger partial charge is 0.165 e. The molecule has 0 aliphatic carbocycles. The van der Waals surface area contributed by atoms with Crippen molar-refractivity contribution < 1.29 is 13.2 Å². The van der Waals surface area contributed by atoms with Crippen molar-refractivity contribution >= 4 is 28.8 Å². The molecule has 0 N–H and O–H groups in total. The molecule has 0 saturated carbocycles. The van der Waals surface area contributed by atoms with E-state index in [2.05, 4.69) is 0 Å². The first-order valence-corrected chi connectivity index (χ1v) is 4.95. The van der Waals surface area contributed by atoms with Gasteiger partial charge in [0.25, 0.3) is 0 Å².